The molecule has 0 radical (unpaired) electrons. The smallest absolute Gasteiger partial charge is 0.161 e. The molecule has 2 aromatic rings. The van der Waals surface area contributed by atoms with Crippen molar-refractivity contribution in [3.8, 4) is 11.5 Å². The fourth-order valence-electron chi connectivity index (χ4n) is 2.57. The zero-order valence-electron chi connectivity index (χ0n) is 12.5. The maximum absolute atomic E-state index is 5.68. The van der Waals surface area contributed by atoms with Crippen molar-refractivity contribution in [2.75, 3.05) is 19.8 Å². The van der Waals surface area contributed by atoms with E-state index in [-0.39, 0.29) is 6.04 Å². The Balaban J connectivity index is 1.92. The molecule has 4 heteroatoms. The predicted molar refractivity (Wildman–Crippen MR) is 81.0 cm³/mol. The van der Waals surface area contributed by atoms with Crippen molar-refractivity contribution in [2.45, 2.75) is 26.3 Å². The van der Waals surface area contributed by atoms with Gasteiger partial charge in [-0.2, -0.15) is 0 Å². The number of furan rings is 1. The van der Waals surface area contributed by atoms with Crippen LogP contribution in [0.15, 0.2) is 34.9 Å². The molecule has 1 aromatic heterocycles. The third kappa shape index (κ3) is 3.05. The number of aryl methyl sites for hydroxylation is 1. The number of rotatable bonds is 5. The minimum atomic E-state index is 0.109. The SMILES string of the molecule is CCCNC(c1coc(C)c1)c1ccc2c(c1)OCCO2. The van der Waals surface area contributed by atoms with Gasteiger partial charge in [-0.25, -0.2) is 0 Å². The molecule has 1 aromatic carbocycles. The van der Waals surface area contributed by atoms with Gasteiger partial charge in [-0.1, -0.05) is 13.0 Å². The summed E-state index contributed by atoms with van der Waals surface area (Å²) < 4.78 is 16.7. The minimum Gasteiger partial charge on any atom is -0.486 e. The molecule has 1 aliphatic rings. The Morgan fingerprint density at radius 1 is 1.10 bits per heavy atom. The quantitative estimate of drug-likeness (QED) is 0.914. The average Bonchev–Trinajstić information content (AvgIpc) is 2.94. The molecular weight excluding hydrogens is 266 g/mol. The van der Waals surface area contributed by atoms with E-state index in [0.29, 0.717) is 13.2 Å². The van der Waals surface area contributed by atoms with E-state index in [1.165, 1.54) is 0 Å². The first kappa shape index (κ1) is 14.0. The Labute approximate surface area is 125 Å². The molecule has 1 N–H and O–H groups in total. The zero-order valence-corrected chi connectivity index (χ0v) is 12.5. The molecule has 1 aliphatic heterocycles. The van der Waals surface area contributed by atoms with Gasteiger partial charge in [0.05, 0.1) is 12.3 Å². The summed E-state index contributed by atoms with van der Waals surface area (Å²) in [6.45, 7) is 6.29. The number of benzene rings is 1. The molecule has 21 heavy (non-hydrogen) atoms. The van der Waals surface area contributed by atoms with Gasteiger partial charge in [0, 0.05) is 5.56 Å². The lowest BCUT2D eigenvalue weighted by Gasteiger charge is -2.22. The molecule has 4 nitrogen and oxygen atoms in total. The average molecular weight is 287 g/mol. The Morgan fingerprint density at radius 3 is 2.62 bits per heavy atom. The van der Waals surface area contributed by atoms with Crippen molar-refractivity contribution in [3.63, 3.8) is 0 Å². The van der Waals surface area contributed by atoms with Crippen LogP contribution in [0.5, 0.6) is 11.5 Å². The normalized spacial score (nSPS) is 15.0. The molecule has 0 amide bonds. The van der Waals surface area contributed by atoms with Gasteiger partial charge in [-0.05, 0) is 43.7 Å². The molecule has 0 saturated heterocycles. The number of hydrogen-bond donors (Lipinski definition) is 1. The van der Waals surface area contributed by atoms with Crippen molar-refractivity contribution in [1.82, 2.24) is 5.32 Å². The lowest BCUT2D eigenvalue weighted by atomic mass is 10.00. The predicted octanol–water partition coefficient (Wildman–Crippen LogP) is 3.45. The Morgan fingerprint density at radius 2 is 1.90 bits per heavy atom. The summed E-state index contributed by atoms with van der Waals surface area (Å²) >= 11 is 0. The maximum Gasteiger partial charge on any atom is 0.161 e. The van der Waals surface area contributed by atoms with Gasteiger partial charge in [-0.15, -0.1) is 0 Å². The van der Waals surface area contributed by atoms with Gasteiger partial charge in [0.2, 0.25) is 0 Å². The highest BCUT2D eigenvalue weighted by Crippen LogP contribution is 2.34. The lowest BCUT2D eigenvalue weighted by molar-refractivity contribution is 0.171. The van der Waals surface area contributed by atoms with Crippen LogP contribution in [0.3, 0.4) is 0 Å². The second-order valence-corrected chi connectivity index (χ2v) is 5.28. The van der Waals surface area contributed by atoms with Crippen LogP contribution in [0.2, 0.25) is 0 Å². The first-order chi connectivity index (χ1) is 10.3. The fraction of sp³-hybridized carbons (Fsp3) is 0.412. The van der Waals surface area contributed by atoms with Gasteiger partial charge >= 0.3 is 0 Å². The van der Waals surface area contributed by atoms with Gasteiger partial charge in [0.25, 0.3) is 0 Å². The van der Waals surface area contributed by atoms with E-state index in [1.54, 1.807) is 0 Å². The Kier molecular flexibility index (Phi) is 4.15. The van der Waals surface area contributed by atoms with Gasteiger partial charge in [-0.3, -0.25) is 0 Å². The van der Waals surface area contributed by atoms with Crippen LogP contribution in [0.1, 0.15) is 36.3 Å². The van der Waals surface area contributed by atoms with Crippen molar-refractivity contribution < 1.29 is 13.9 Å². The molecule has 1 unspecified atom stereocenters. The summed E-state index contributed by atoms with van der Waals surface area (Å²) in [5.41, 5.74) is 2.30. The number of ether oxygens (including phenoxy) is 2. The van der Waals surface area contributed by atoms with E-state index in [4.69, 9.17) is 13.9 Å². The van der Waals surface area contributed by atoms with Crippen LogP contribution in [-0.4, -0.2) is 19.8 Å². The summed E-state index contributed by atoms with van der Waals surface area (Å²) in [7, 11) is 0. The van der Waals surface area contributed by atoms with Crippen LogP contribution in [0.4, 0.5) is 0 Å². The van der Waals surface area contributed by atoms with E-state index in [9.17, 15) is 0 Å². The summed E-state index contributed by atoms with van der Waals surface area (Å²) in [6, 6.07) is 8.31. The molecule has 0 saturated carbocycles. The molecular formula is C17H21NO3. The Bertz CT molecular complexity index is 606. The highest BCUT2D eigenvalue weighted by atomic mass is 16.6. The van der Waals surface area contributed by atoms with Gasteiger partial charge < -0.3 is 19.2 Å². The minimum absolute atomic E-state index is 0.109. The van der Waals surface area contributed by atoms with Crippen LogP contribution in [0, 0.1) is 6.92 Å². The number of fused-ring (bicyclic) bond motifs is 1. The third-order valence-electron chi connectivity index (χ3n) is 3.58. The van der Waals surface area contributed by atoms with Gasteiger partial charge in [0.15, 0.2) is 11.5 Å². The summed E-state index contributed by atoms with van der Waals surface area (Å²) in [4.78, 5) is 0. The molecule has 112 valence electrons. The largest absolute Gasteiger partial charge is 0.486 e. The molecule has 3 rings (SSSR count). The Hall–Kier alpha value is -1.94. The van der Waals surface area contributed by atoms with Crippen LogP contribution in [0.25, 0.3) is 0 Å². The standard InChI is InChI=1S/C17H21NO3/c1-3-6-18-17(14-9-12(2)21-11-14)13-4-5-15-16(10-13)20-8-7-19-15/h4-5,9-11,17-18H,3,6-8H2,1-2H3. The first-order valence-corrected chi connectivity index (χ1v) is 7.46. The van der Waals surface area contributed by atoms with Crippen LogP contribution in [-0.2, 0) is 0 Å². The van der Waals surface area contributed by atoms with E-state index >= 15 is 0 Å². The van der Waals surface area contributed by atoms with Crippen LogP contribution < -0.4 is 14.8 Å². The highest BCUT2D eigenvalue weighted by Gasteiger charge is 2.19. The fourth-order valence-corrected chi connectivity index (χ4v) is 2.57. The van der Waals surface area contributed by atoms with Crippen LogP contribution >= 0.6 is 0 Å². The summed E-state index contributed by atoms with van der Waals surface area (Å²) in [5, 5.41) is 3.57. The molecule has 0 spiro atoms. The van der Waals surface area contributed by atoms with E-state index in [1.807, 2.05) is 19.3 Å². The molecule has 2 heterocycles. The summed E-state index contributed by atoms with van der Waals surface area (Å²) in [6.07, 6.45) is 2.90. The van der Waals surface area contributed by atoms with E-state index < -0.39 is 0 Å². The zero-order chi connectivity index (χ0) is 14.7. The molecule has 0 fully saturated rings. The molecule has 1 atom stereocenters. The van der Waals surface area contributed by atoms with E-state index in [2.05, 4.69) is 30.4 Å². The topological polar surface area (TPSA) is 43.6 Å². The second-order valence-electron chi connectivity index (χ2n) is 5.28. The van der Waals surface area contributed by atoms with E-state index in [0.717, 1.165) is 41.4 Å². The van der Waals surface area contributed by atoms with Crippen molar-refractivity contribution in [3.05, 3.63) is 47.4 Å². The number of nitrogens with one attached hydrogen (secondary N) is 1. The summed E-state index contributed by atoms with van der Waals surface area (Å²) in [5.74, 6) is 2.57. The third-order valence-corrected chi connectivity index (χ3v) is 3.58. The van der Waals surface area contributed by atoms with Crippen molar-refractivity contribution in [1.29, 1.82) is 0 Å². The monoisotopic (exact) mass is 287 g/mol. The maximum atomic E-state index is 5.68. The first-order valence-electron chi connectivity index (χ1n) is 7.46. The van der Waals surface area contributed by atoms with Crippen molar-refractivity contribution >= 4 is 0 Å². The lowest BCUT2D eigenvalue weighted by Crippen LogP contribution is -2.23. The second kappa shape index (κ2) is 6.22. The van der Waals surface area contributed by atoms with Crippen molar-refractivity contribution in [2.24, 2.45) is 0 Å². The highest BCUT2D eigenvalue weighted by molar-refractivity contribution is 5.46. The molecule has 0 bridgehead atoms. The number of hydrogen-bond acceptors (Lipinski definition) is 4. The molecule has 0 aliphatic carbocycles. The van der Waals surface area contributed by atoms with Gasteiger partial charge in [0.1, 0.15) is 19.0 Å².